The summed E-state index contributed by atoms with van der Waals surface area (Å²) in [5, 5.41) is 7.21. The monoisotopic (exact) mass is 317 g/mol. The molecule has 22 heavy (non-hydrogen) atoms. The number of H-pyrrole nitrogens is 1. The van der Waals surface area contributed by atoms with Crippen LogP contribution in [0.5, 0.6) is 0 Å². The molecule has 3 N–H and O–H groups in total. The Bertz CT molecular complexity index is 790. The van der Waals surface area contributed by atoms with E-state index in [0.29, 0.717) is 22.6 Å². The van der Waals surface area contributed by atoms with E-state index in [1.54, 1.807) is 24.5 Å². The maximum atomic E-state index is 12.0. The highest BCUT2D eigenvalue weighted by molar-refractivity contribution is 6.31. The fraction of sp³-hybridized carbons (Fsp3) is 0.267. The highest BCUT2D eigenvalue weighted by Gasteiger charge is 2.20. The molecule has 0 saturated carbocycles. The molecule has 0 aromatic carbocycles. The van der Waals surface area contributed by atoms with E-state index in [1.807, 2.05) is 0 Å². The molecule has 114 valence electrons. The maximum absolute atomic E-state index is 12.0. The first-order chi connectivity index (χ1) is 10.5. The first-order valence-electron chi connectivity index (χ1n) is 7.01. The standard InChI is InChI=1S/C15H16ClN5O/c1-8(2)5-19-15-20-12(14(22)21-15)3-9-6-17-13-11(9)4-10(16)7-18-13/h3-4,6-8H,5H2,1-2H3,(H,17,18)(H2,19,20,21,22)/b12-3-. The van der Waals surface area contributed by atoms with Crippen LogP contribution in [-0.4, -0.2) is 28.4 Å². The largest absolute Gasteiger partial charge is 0.355 e. The van der Waals surface area contributed by atoms with Crippen LogP contribution in [0.15, 0.2) is 29.1 Å². The van der Waals surface area contributed by atoms with Gasteiger partial charge in [-0.3, -0.25) is 10.1 Å². The Morgan fingerprint density at radius 3 is 3.05 bits per heavy atom. The van der Waals surface area contributed by atoms with E-state index in [9.17, 15) is 4.79 Å². The SMILES string of the molecule is CC(C)CNC1=N/C(=C\c2c[nH]c3ncc(Cl)cc23)C(=O)N1. The number of pyridine rings is 1. The number of aromatic nitrogens is 2. The first kappa shape index (κ1) is 14.6. The fourth-order valence-corrected chi connectivity index (χ4v) is 2.28. The van der Waals surface area contributed by atoms with Crippen LogP contribution in [0.4, 0.5) is 0 Å². The summed E-state index contributed by atoms with van der Waals surface area (Å²) >= 11 is 5.97. The summed E-state index contributed by atoms with van der Waals surface area (Å²) in [5.74, 6) is 0.728. The zero-order valence-electron chi connectivity index (χ0n) is 12.3. The summed E-state index contributed by atoms with van der Waals surface area (Å²) < 4.78 is 0. The predicted molar refractivity (Wildman–Crippen MR) is 87.5 cm³/mol. The van der Waals surface area contributed by atoms with Crippen molar-refractivity contribution in [3.05, 3.63) is 34.7 Å². The third-order valence-electron chi connectivity index (χ3n) is 3.20. The van der Waals surface area contributed by atoms with Gasteiger partial charge in [0.1, 0.15) is 11.3 Å². The van der Waals surface area contributed by atoms with Gasteiger partial charge in [-0.05, 0) is 18.1 Å². The summed E-state index contributed by atoms with van der Waals surface area (Å²) in [4.78, 5) is 23.5. The number of hydrogen-bond acceptors (Lipinski definition) is 4. The van der Waals surface area contributed by atoms with Crippen LogP contribution in [0.1, 0.15) is 19.4 Å². The van der Waals surface area contributed by atoms with Gasteiger partial charge in [-0.2, -0.15) is 0 Å². The molecular formula is C15H16ClN5O. The smallest absolute Gasteiger partial charge is 0.276 e. The number of amides is 1. The Hall–Kier alpha value is -2.34. The van der Waals surface area contributed by atoms with Gasteiger partial charge >= 0.3 is 0 Å². The van der Waals surface area contributed by atoms with Crippen LogP contribution >= 0.6 is 11.6 Å². The Kier molecular flexibility index (Phi) is 3.85. The number of hydrogen-bond donors (Lipinski definition) is 3. The molecule has 7 heteroatoms. The van der Waals surface area contributed by atoms with Gasteiger partial charge < -0.3 is 10.3 Å². The molecule has 2 aromatic heterocycles. The van der Waals surface area contributed by atoms with Crippen molar-refractivity contribution in [1.29, 1.82) is 0 Å². The fourth-order valence-electron chi connectivity index (χ4n) is 2.12. The van der Waals surface area contributed by atoms with Gasteiger partial charge in [-0.15, -0.1) is 0 Å². The molecule has 0 fully saturated rings. The van der Waals surface area contributed by atoms with Crippen molar-refractivity contribution in [2.75, 3.05) is 6.54 Å². The molecular weight excluding hydrogens is 302 g/mol. The van der Waals surface area contributed by atoms with Gasteiger partial charge in [0.25, 0.3) is 5.91 Å². The third kappa shape index (κ3) is 2.96. The molecule has 3 heterocycles. The number of nitrogens with one attached hydrogen (secondary N) is 3. The number of guanidine groups is 1. The van der Waals surface area contributed by atoms with Gasteiger partial charge in [0, 0.05) is 29.9 Å². The average molecular weight is 318 g/mol. The van der Waals surface area contributed by atoms with Crippen LogP contribution < -0.4 is 10.6 Å². The van der Waals surface area contributed by atoms with Gasteiger partial charge in [-0.1, -0.05) is 25.4 Å². The van der Waals surface area contributed by atoms with Crippen molar-refractivity contribution in [2.45, 2.75) is 13.8 Å². The summed E-state index contributed by atoms with van der Waals surface area (Å²) in [6.45, 7) is 4.92. The lowest BCUT2D eigenvalue weighted by atomic mass is 10.2. The topological polar surface area (TPSA) is 82.2 Å². The molecule has 0 unspecified atom stereocenters. The van der Waals surface area contributed by atoms with Gasteiger partial charge in [-0.25, -0.2) is 9.98 Å². The number of fused-ring (bicyclic) bond motifs is 1. The molecule has 0 saturated heterocycles. The summed E-state index contributed by atoms with van der Waals surface area (Å²) in [5.41, 5.74) is 1.90. The molecule has 2 aromatic rings. The van der Waals surface area contributed by atoms with Crippen molar-refractivity contribution in [1.82, 2.24) is 20.6 Å². The van der Waals surface area contributed by atoms with E-state index < -0.39 is 0 Å². The normalized spacial score (nSPS) is 16.5. The number of rotatable bonds is 3. The molecule has 3 rings (SSSR count). The highest BCUT2D eigenvalue weighted by Crippen LogP contribution is 2.23. The van der Waals surface area contributed by atoms with E-state index >= 15 is 0 Å². The maximum Gasteiger partial charge on any atom is 0.276 e. The zero-order chi connectivity index (χ0) is 15.7. The van der Waals surface area contributed by atoms with Crippen molar-refractivity contribution >= 4 is 40.6 Å². The molecule has 6 nitrogen and oxygen atoms in total. The molecule has 0 radical (unpaired) electrons. The highest BCUT2D eigenvalue weighted by atomic mass is 35.5. The second-order valence-corrected chi connectivity index (χ2v) is 5.95. The summed E-state index contributed by atoms with van der Waals surface area (Å²) in [7, 11) is 0. The van der Waals surface area contributed by atoms with Crippen LogP contribution in [0.25, 0.3) is 17.1 Å². The van der Waals surface area contributed by atoms with E-state index in [0.717, 1.165) is 23.1 Å². The molecule has 0 atom stereocenters. The number of nitrogens with zero attached hydrogens (tertiary/aromatic N) is 2. The quantitative estimate of drug-likeness (QED) is 0.760. The van der Waals surface area contributed by atoms with E-state index in [-0.39, 0.29) is 5.91 Å². The summed E-state index contributed by atoms with van der Waals surface area (Å²) in [6.07, 6.45) is 5.07. The zero-order valence-corrected chi connectivity index (χ0v) is 13.0. The van der Waals surface area contributed by atoms with Crippen LogP contribution in [-0.2, 0) is 4.79 Å². The second kappa shape index (κ2) is 5.81. The lowest BCUT2D eigenvalue weighted by Crippen LogP contribution is -2.37. The van der Waals surface area contributed by atoms with Crippen molar-refractivity contribution in [3.8, 4) is 0 Å². The van der Waals surface area contributed by atoms with Gasteiger partial charge in [0.05, 0.1) is 5.02 Å². The first-order valence-corrected chi connectivity index (χ1v) is 7.39. The minimum absolute atomic E-state index is 0.226. The van der Waals surface area contributed by atoms with Crippen LogP contribution in [0.3, 0.4) is 0 Å². The number of aromatic amines is 1. The molecule has 0 spiro atoms. The molecule has 1 aliphatic rings. The number of carbonyl (C=O) groups excluding carboxylic acids is 1. The van der Waals surface area contributed by atoms with Crippen LogP contribution in [0.2, 0.25) is 5.02 Å². The Labute approximate surface area is 132 Å². The minimum atomic E-state index is -0.226. The van der Waals surface area contributed by atoms with E-state index in [4.69, 9.17) is 11.6 Å². The third-order valence-corrected chi connectivity index (χ3v) is 3.40. The van der Waals surface area contributed by atoms with Crippen molar-refractivity contribution in [3.63, 3.8) is 0 Å². The number of carbonyl (C=O) groups is 1. The molecule has 1 amide bonds. The Morgan fingerprint density at radius 1 is 1.45 bits per heavy atom. The van der Waals surface area contributed by atoms with Gasteiger partial charge in [0.15, 0.2) is 0 Å². The number of aliphatic imine (C=N–C) groups is 1. The number of halogens is 1. The Morgan fingerprint density at radius 2 is 2.27 bits per heavy atom. The summed E-state index contributed by atoms with van der Waals surface area (Å²) in [6, 6.07) is 1.81. The lowest BCUT2D eigenvalue weighted by molar-refractivity contribution is -0.115. The lowest BCUT2D eigenvalue weighted by Gasteiger charge is -2.06. The molecule has 0 bridgehead atoms. The van der Waals surface area contributed by atoms with Crippen molar-refractivity contribution < 1.29 is 4.79 Å². The Balaban J connectivity index is 1.90. The van der Waals surface area contributed by atoms with E-state index in [1.165, 1.54) is 0 Å². The molecule has 0 aliphatic carbocycles. The van der Waals surface area contributed by atoms with Crippen LogP contribution in [0, 0.1) is 5.92 Å². The minimum Gasteiger partial charge on any atom is -0.355 e. The predicted octanol–water partition coefficient (Wildman–Crippen LogP) is 2.29. The second-order valence-electron chi connectivity index (χ2n) is 5.51. The van der Waals surface area contributed by atoms with Gasteiger partial charge in [0.2, 0.25) is 5.96 Å². The molecule has 1 aliphatic heterocycles. The van der Waals surface area contributed by atoms with Crippen molar-refractivity contribution in [2.24, 2.45) is 10.9 Å². The average Bonchev–Trinajstić information content (AvgIpc) is 3.02. The van der Waals surface area contributed by atoms with E-state index in [2.05, 4.69) is 39.4 Å².